The van der Waals surface area contributed by atoms with Gasteiger partial charge in [0, 0.05) is 25.7 Å². The standard InChI is InChI=1S/C89H152O17P2/c1-5-9-13-17-21-25-29-33-37-39-41-43-47-51-55-59-63-67-71-75-88(93)105-84(79-99-86(91)73-69-65-61-57-53-49-45-35-31-27-23-19-15-11-7-3)81-103-107(95,96)101-77-83(90)78-102-108(97,98)104-82-85(80-100-87(92)74-70-66-62-58-54-50-46-36-32-28-24-20-16-12-8-4)106-89(94)76-72-68-64-60-56-52-48-44-42-40-38-34-30-26-22-18-14-10-6-2/h9,13,21-22,25-26,33-35,37-38,41-45,51-52,55-56,64,68,83-85,90H,5-8,10-12,14-20,23-24,27-32,36,39-40,46-50,53-54,57-63,65-67,69-82H2,1-4H3,(H,95,96)(H,97,98)/b13-9-,25-21-,26-22-,37-33-,38-34-,43-41-,44-42-,45-35-,55-51-,56-52-,68-64-/t83-,84-,85-/m1/s1. The van der Waals surface area contributed by atoms with E-state index in [0.717, 1.165) is 141 Å². The van der Waals surface area contributed by atoms with Crippen molar-refractivity contribution in [1.29, 1.82) is 0 Å². The van der Waals surface area contributed by atoms with Crippen molar-refractivity contribution in [1.82, 2.24) is 0 Å². The van der Waals surface area contributed by atoms with Crippen LogP contribution in [0.25, 0.3) is 0 Å². The third-order valence-corrected chi connectivity index (χ3v) is 19.5. The molecular formula is C89H152O17P2. The van der Waals surface area contributed by atoms with Crippen molar-refractivity contribution in [3.63, 3.8) is 0 Å². The fourth-order valence-corrected chi connectivity index (χ4v) is 12.7. The number of hydrogen-bond donors (Lipinski definition) is 3. The van der Waals surface area contributed by atoms with Crippen molar-refractivity contribution >= 4 is 39.5 Å². The number of aliphatic hydroxyl groups excluding tert-OH is 1. The molecule has 19 heteroatoms. The number of allylic oxidation sites excluding steroid dienone is 22. The second-order valence-corrected chi connectivity index (χ2v) is 30.9. The molecule has 0 heterocycles. The quantitative estimate of drug-likeness (QED) is 0.0169. The van der Waals surface area contributed by atoms with Gasteiger partial charge in [0.1, 0.15) is 19.3 Å². The highest BCUT2D eigenvalue weighted by Crippen LogP contribution is 2.45. The number of phosphoric acid groups is 2. The lowest BCUT2D eigenvalue weighted by Gasteiger charge is -2.21. The van der Waals surface area contributed by atoms with Gasteiger partial charge in [-0.3, -0.25) is 37.3 Å². The van der Waals surface area contributed by atoms with Gasteiger partial charge >= 0.3 is 39.5 Å². The first-order chi connectivity index (χ1) is 52.7. The van der Waals surface area contributed by atoms with E-state index in [1.807, 2.05) is 18.2 Å². The minimum Gasteiger partial charge on any atom is -0.462 e. The van der Waals surface area contributed by atoms with E-state index in [-0.39, 0.29) is 25.7 Å². The second kappa shape index (κ2) is 80.3. The number of carbonyl (C=O) groups is 4. The van der Waals surface area contributed by atoms with E-state index in [1.54, 1.807) is 0 Å². The van der Waals surface area contributed by atoms with Crippen molar-refractivity contribution in [2.75, 3.05) is 39.6 Å². The van der Waals surface area contributed by atoms with Gasteiger partial charge in [-0.25, -0.2) is 9.13 Å². The molecule has 0 rings (SSSR count). The molecule has 2 unspecified atom stereocenters. The molecule has 0 spiro atoms. The minimum atomic E-state index is -5.00. The summed E-state index contributed by atoms with van der Waals surface area (Å²) in [6, 6.07) is 0. The lowest BCUT2D eigenvalue weighted by molar-refractivity contribution is -0.161. The smallest absolute Gasteiger partial charge is 0.462 e. The Balaban J connectivity index is 5.48. The molecule has 0 saturated carbocycles. The van der Waals surface area contributed by atoms with Crippen LogP contribution in [0, 0.1) is 0 Å². The van der Waals surface area contributed by atoms with Crippen LogP contribution in [-0.4, -0.2) is 96.7 Å². The number of hydrogen-bond acceptors (Lipinski definition) is 15. The Bertz CT molecular complexity index is 2560. The topological polar surface area (TPSA) is 237 Å². The van der Waals surface area contributed by atoms with Gasteiger partial charge in [-0.15, -0.1) is 0 Å². The third kappa shape index (κ3) is 79.3. The van der Waals surface area contributed by atoms with Crippen LogP contribution in [-0.2, 0) is 65.4 Å². The number of unbranched alkanes of at least 4 members (excludes halogenated alkanes) is 31. The molecule has 0 aromatic heterocycles. The summed E-state index contributed by atoms with van der Waals surface area (Å²) in [5, 5.41) is 10.7. The Labute approximate surface area is 656 Å². The normalized spacial score (nSPS) is 14.5. The fraction of sp³-hybridized carbons (Fsp3) is 0.708. The number of ether oxygens (including phenoxy) is 4. The summed E-state index contributed by atoms with van der Waals surface area (Å²) in [6.45, 7) is 4.64. The van der Waals surface area contributed by atoms with Gasteiger partial charge < -0.3 is 33.8 Å². The van der Waals surface area contributed by atoms with E-state index in [2.05, 4.69) is 143 Å². The number of aliphatic hydroxyl groups is 1. The maximum Gasteiger partial charge on any atom is 0.472 e. The number of phosphoric ester groups is 2. The van der Waals surface area contributed by atoms with E-state index in [4.69, 9.17) is 37.0 Å². The Kier molecular flexibility index (Phi) is 76.7. The second-order valence-electron chi connectivity index (χ2n) is 28.0. The van der Waals surface area contributed by atoms with Gasteiger partial charge in [-0.1, -0.05) is 322 Å². The Morgan fingerprint density at radius 2 is 0.500 bits per heavy atom. The molecule has 108 heavy (non-hydrogen) atoms. The van der Waals surface area contributed by atoms with Crippen molar-refractivity contribution < 1.29 is 80.2 Å². The predicted octanol–water partition coefficient (Wildman–Crippen LogP) is 25.2. The highest BCUT2D eigenvalue weighted by Gasteiger charge is 2.30. The first-order valence-electron chi connectivity index (χ1n) is 42.4. The van der Waals surface area contributed by atoms with E-state index in [0.29, 0.717) is 32.1 Å². The SMILES string of the molecule is CC/C=C\C/C=C\C/C=C\C/C=C\C/C=C\CCCCCC(=O)O[C@H](COC(=O)CCCCCCC/C=C\CCCCCCCC)COP(=O)(O)OC[C@@H](O)COP(=O)(O)OC[C@@H](COC(=O)CCCCCCCCCCCCCCCCC)OC(=O)CC/C=C\C/C=C\C/C=C\C/C=C\C/C=C\CCCCC. The summed E-state index contributed by atoms with van der Waals surface area (Å²) < 4.78 is 68.7. The Hall–Kier alpha value is -4.80. The zero-order valence-electron chi connectivity index (χ0n) is 68.0. The van der Waals surface area contributed by atoms with Crippen LogP contribution in [0.4, 0.5) is 0 Å². The summed E-state index contributed by atoms with van der Waals surface area (Å²) in [5.74, 6) is -2.31. The third-order valence-electron chi connectivity index (χ3n) is 17.6. The van der Waals surface area contributed by atoms with E-state index in [1.165, 1.54) is 122 Å². The number of rotatable bonds is 79. The van der Waals surface area contributed by atoms with Crippen LogP contribution >= 0.6 is 15.6 Å². The molecule has 0 radical (unpaired) electrons. The summed E-state index contributed by atoms with van der Waals surface area (Å²) in [5.41, 5.74) is 0. The van der Waals surface area contributed by atoms with Gasteiger partial charge in [0.25, 0.3) is 0 Å². The van der Waals surface area contributed by atoms with E-state index < -0.39 is 97.5 Å². The van der Waals surface area contributed by atoms with Crippen LogP contribution in [0.15, 0.2) is 134 Å². The van der Waals surface area contributed by atoms with Crippen LogP contribution in [0.1, 0.15) is 349 Å². The molecule has 0 aliphatic rings. The Morgan fingerprint density at radius 1 is 0.269 bits per heavy atom. The number of esters is 4. The summed E-state index contributed by atoms with van der Waals surface area (Å²) in [4.78, 5) is 73.2. The molecule has 5 atom stereocenters. The molecule has 0 bridgehead atoms. The molecule has 17 nitrogen and oxygen atoms in total. The van der Waals surface area contributed by atoms with Gasteiger partial charge in [0.2, 0.25) is 0 Å². The molecule has 0 aromatic rings. The van der Waals surface area contributed by atoms with Gasteiger partial charge in [0.05, 0.1) is 26.4 Å². The zero-order valence-corrected chi connectivity index (χ0v) is 69.8. The van der Waals surface area contributed by atoms with Gasteiger partial charge in [-0.2, -0.15) is 0 Å². The average Bonchev–Trinajstić information content (AvgIpc) is 0.907. The molecule has 0 aromatic carbocycles. The Morgan fingerprint density at radius 3 is 0.833 bits per heavy atom. The van der Waals surface area contributed by atoms with Crippen molar-refractivity contribution in [3.05, 3.63) is 134 Å². The lowest BCUT2D eigenvalue weighted by atomic mass is 10.0. The molecule has 3 N–H and O–H groups in total. The van der Waals surface area contributed by atoms with Gasteiger partial charge in [0.15, 0.2) is 12.2 Å². The van der Waals surface area contributed by atoms with Crippen LogP contribution in [0.5, 0.6) is 0 Å². The first-order valence-corrected chi connectivity index (χ1v) is 45.4. The average molecular weight is 1560 g/mol. The first kappa shape index (κ1) is 103. The largest absolute Gasteiger partial charge is 0.472 e. The molecule has 0 saturated heterocycles. The monoisotopic (exact) mass is 1560 g/mol. The predicted molar refractivity (Wildman–Crippen MR) is 445 cm³/mol. The highest BCUT2D eigenvalue weighted by molar-refractivity contribution is 7.47. The van der Waals surface area contributed by atoms with Crippen LogP contribution in [0.3, 0.4) is 0 Å². The van der Waals surface area contributed by atoms with Crippen molar-refractivity contribution in [2.24, 2.45) is 0 Å². The molecule has 0 aliphatic heterocycles. The summed E-state index contributed by atoms with van der Waals surface area (Å²) in [6.07, 6.45) is 91.5. The maximum absolute atomic E-state index is 13.1. The van der Waals surface area contributed by atoms with E-state index >= 15 is 0 Å². The molecule has 620 valence electrons. The van der Waals surface area contributed by atoms with Gasteiger partial charge in [-0.05, 0) is 135 Å². The highest BCUT2D eigenvalue weighted by atomic mass is 31.2. The minimum absolute atomic E-state index is 0.0297. The molecule has 0 amide bonds. The fourth-order valence-electron chi connectivity index (χ4n) is 11.2. The zero-order chi connectivity index (χ0) is 78.9. The van der Waals surface area contributed by atoms with Crippen LogP contribution in [0.2, 0.25) is 0 Å². The summed E-state index contributed by atoms with van der Waals surface area (Å²) in [7, 11) is -10.0. The molecular weight excluding hydrogens is 1400 g/mol. The molecule has 0 aliphatic carbocycles. The van der Waals surface area contributed by atoms with Crippen molar-refractivity contribution in [2.45, 2.75) is 367 Å². The molecule has 0 fully saturated rings. The van der Waals surface area contributed by atoms with Crippen molar-refractivity contribution in [3.8, 4) is 0 Å². The lowest BCUT2D eigenvalue weighted by Crippen LogP contribution is -2.30. The van der Waals surface area contributed by atoms with E-state index in [9.17, 15) is 43.2 Å². The maximum atomic E-state index is 13.1. The number of carbonyl (C=O) groups excluding carboxylic acids is 4. The van der Waals surface area contributed by atoms with Crippen LogP contribution < -0.4 is 0 Å². The summed E-state index contributed by atoms with van der Waals surface area (Å²) >= 11 is 0.